The summed E-state index contributed by atoms with van der Waals surface area (Å²) in [6, 6.07) is 13.9. The van der Waals surface area contributed by atoms with Gasteiger partial charge in [0.05, 0.1) is 39.6 Å². The predicted octanol–water partition coefficient (Wildman–Crippen LogP) is 2.29. The van der Waals surface area contributed by atoms with Gasteiger partial charge < -0.3 is 20.4 Å². The summed E-state index contributed by atoms with van der Waals surface area (Å²) in [7, 11) is -0.345. The van der Waals surface area contributed by atoms with Crippen molar-refractivity contribution in [2.75, 3.05) is 53.4 Å². The van der Waals surface area contributed by atoms with Gasteiger partial charge in [0.15, 0.2) is 0 Å². The largest absolute Gasteiger partial charge is 0.481 e. The van der Waals surface area contributed by atoms with Crippen LogP contribution < -0.4 is 24.7 Å². The van der Waals surface area contributed by atoms with Crippen molar-refractivity contribution in [2.24, 2.45) is 0 Å². The van der Waals surface area contributed by atoms with Gasteiger partial charge in [-0.05, 0) is 30.3 Å². The van der Waals surface area contributed by atoms with E-state index in [2.05, 4.69) is 10.0 Å². The van der Waals surface area contributed by atoms with E-state index in [1.807, 2.05) is 31.1 Å². The molecule has 2 aliphatic rings. The molecule has 3 aromatic rings. The van der Waals surface area contributed by atoms with Crippen LogP contribution in [0.4, 0.5) is 17.1 Å². The van der Waals surface area contributed by atoms with Crippen LogP contribution in [0.5, 0.6) is 0 Å². The van der Waals surface area contributed by atoms with Crippen LogP contribution in [0.1, 0.15) is 36.0 Å². The number of hydrogen-bond donors (Lipinski definition) is 4. The van der Waals surface area contributed by atoms with Crippen molar-refractivity contribution in [3.8, 4) is 0 Å². The van der Waals surface area contributed by atoms with Crippen molar-refractivity contribution in [2.45, 2.75) is 41.1 Å². The fourth-order valence-electron chi connectivity index (χ4n) is 6.00. The summed E-state index contributed by atoms with van der Waals surface area (Å²) in [4.78, 5) is 92.1. The third-order valence-electron chi connectivity index (χ3n) is 8.49. The Morgan fingerprint density at radius 1 is 0.778 bits per heavy atom. The second kappa shape index (κ2) is 17.0. The molecule has 2 heterocycles. The van der Waals surface area contributed by atoms with Crippen molar-refractivity contribution in [1.29, 1.82) is 0 Å². The Labute approximate surface area is 318 Å². The van der Waals surface area contributed by atoms with Crippen LogP contribution in [0.2, 0.25) is 0 Å². The first-order valence-corrected chi connectivity index (χ1v) is 20.2. The molecule has 2 atom stereocenters. The highest BCUT2D eigenvalue weighted by atomic mass is 32.2. The summed E-state index contributed by atoms with van der Waals surface area (Å²) in [5.41, 5.74) is 0.462. The van der Waals surface area contributed by atoms with Crippen LogP contribution in [0.15, 0.2) is 59.5 Å². The van der Waals surface area contributed by atoms with E-state index in [0.717, 1.165) is 44.4 Å². The Morgan fingerprint density at radius 2 is 1.30 bits per heavy atom. The molecule has 0 aliphatic carbocycles. The SMILES string of the molecule is CN(C)c1cccc2c(S(=O)(=O)NCCNC(=O)c3cc(N4C(=O)CC(SCCC(=O)O)C4=O)cc(N4C(=O)CC(SCCC(=O)O)C4=O)c3)cccc12. The molecule has 19 heteroatoms. The van der Waals surface area contributed by atoms with E-state index in [4.69, 9.17) is 10.2 Å². The highest BCUT2D eigenvalue weighted by Gasteiger charge is 2.43. The first-order valence-electron chi connectivity index (χ1n) is 16.6. The molecule has 2 unspecified atom stereocenters. The lowest BCUT2D eigenvalue weighted by Gasteiger charge is -2.21. The summed E-state index contributed by atoms with van der Waals surface area (Å²) in [5.74, 6) is -5.38. The molecule has 0 bridgehead atoms. The zero-order valence-electron chi connectivity index (χ0n) is 29.1. The van der Waals surface area contributed by atoms with Crippen LogP contribution in [0.3, 0.4) is 0 Å². The van der Waals surface area contributed by atoms with Crippen LogP contribution in [0, 0.1) is 0 Å². The topological polar surface area (TPSA) is 228 Å². The van der Waals surface area contributed by atoms with Crippen molar-refractivity contribution in [3.63, 3.8) is 0 Å². The lowest BCUT2D eigenvalue weighted by atomic mass is 10.1. The Balaban J connectivity index is 1.36. The number of hydrogen-bond acceptors (Lipinski definition) is 12. The van der Waals surface area contributed by atoms with Gasteiger partial charge in [0.1, 0.15) is 0 Å². The van der Waals surface area contributed by atoms with E-state index in [1.54, 1.807) is 18.2 Å². The Hall–Kier alpha value is -4.98. The number of sulfonamides is 1. The number of anilines is 3. The zero-order valence-corrected chi connectivity index (χ0v) is 31.6. The molecule has 4 N–H and O–H groups in total. The highest BCUT2D eigenvalue weighted by molar-refractivity contribution is 8.01. The Morgan fingerprint density at radius 3 is 1.81 bits per heavy atom. The molecule has 0 spiro atoms. The summed E-state index contributed by atoms with van der Waals surface area (Å²) in [5, 5.41) is 20.0. The van der Waals surface area contributed by atoms with Crippen molar-refractivity contribution >= 4 is 103 Å². The molecule has 5 amide bonds. The number of carboxylic acids is 2. The fourth-order valence-corrected chi connectivity index (χ4v) is 9.42. The standard InChI is InChI=1S/C35H37N5O11S3/c1-38(2)25-7-3-6-24-23(25)5-4-8-28(24)54(50,51)37-12-11-36-33(47)20-15-21(39-29(41)18-26(34(39)48)52-13-9-31(43)44)17-22(16-20)40-30(42)19-27(35(40)49)53-14-10-32(45)46/h3-8,15-17,26-27,37H,9-14,18-19H2,1-2H3,(H,36,47)(H,43,44)(H,45,46). The van der Waals surface area contributed by atoms with Gasteiger partial charge in [-0.2, -0.15) is 0 Å². The van der Waals surface area contributed by atoms with Gasteiger partial charge in [0.25, 0.3) is 5.91 Å². The second-order valence-corrected chi connectivity index (χ2v) is 16.8. The minimum atomic E-state index is -4.04. The average Bonchev–Trinajstić information content (AvgIpc) is 3.56. The molecule has 54 heavy (non-hydrogen) atoms. The van der Waals surface area contributed by atoms with Crippen molar-refractivity contribution in [3.05, 3.63) is 60.2 Å². The molecule has 0 aromatic heterocycles. The molecule has 2 aliphatic heterocycles. The zero-order chi connectivity index (χ0) is 39.3. The van der Waals surface area contributed by atoms with Gasteiger partial charge in [-0.3, -0.25) is 33.6 Å². The molecule has 286 valence electrons. The third kappa shape index (κ3) is 9.03. The van der Waals surface area contributed by atoms with Gasteiger partial charge in [0, 0.05) is 73.6 Å². The quantitative estimate of drug-likeness (QED) is 0.114. The number of amides is 5. The molecule has 2 saturated heterocycles. The predicted molar refractivity (Wildman–Crippen MR) is 203 cm³/mol. The van der Waals surface area contributed by atoms with Gasteiger partial charge in [-0.1, -0.05) is 24.3 Å². The van der Waals surface area contributed by atoms with E-state index in [9.17, 15) is 42.0 Å². The maximum absolute atomic E-state index is 13.5. The maximum atomic E-state index is 13.5. The van der Waals surface area contributed by atoms with Gasteiger partial charge in [-0.15, -0.1) is 23.5 Å². The number of rotatable bonds is 17. The lowest BCUT2D eigenvalue weighted by Crippen LogP contribution is -2.36. The molecule has 0 radical (unpaired) electrons. The Bertz CT molecular complexity index is 2070. The Kier molecular flexibility index (Phi) is 12.7. The van der Waals surface area contributed by atoms with Crippen LogP contribution in [0.25, 0.3) is 10.8 Å². The second-order valence-electron chi connectivity index (χ2n) is 12.5. The summed E-state index contributed by atoms with van der Waals surface area (Å²) in [6.07, 6.45) is -0.955. The van der Waals surface area contributed by atoms with Crippen LogP contribution in [-0.2, 0) is 38.8 Å². The first kappa shape index (κ1) is 40.2. The number of carbonyl (C=O) groups excluding carboxylic acids is 5. The number of aliphatic carboxylic acids is 2. The van der Waals surface area contributed by atoms with E-state index in [1.165, 1.54) is 24.3 Å². The molecule has 0 saturated carbocycles. The lowest BCUT2D eigenvalue weighted by molar-refractivity contribution is -0.137. The molecular weight excluding hydrogens is 763 g/mol. The molecule has 3 aromatic carbocycles. The highest BCUT2D eigenvalue weighted by Crippen LogP contribution is 2.36. The summed E-state index contributed by atoms with van der Waals surface area (Å²) < 4.78 is 29.2. The maximum Gasteiger partial charge on any atom is 0.304 e. The number of nitrogens with zero attached hydrogens (tertiary/aromatic N) is 3. The average molecular weight is 800 g/mol. The molecule has 16 nitrogen and oxygen atoms in total. The van der Waals surface area contributed by atoms with E-state index in [0.29, 0.717) is 5.39 Å². The minimum absolute atomic E-state index is 0.0473. The number of imide groups is 2. The van der Waals surface area contributed by atoms with E-state index < -0.39 is 62.0 Å². The third-order valence-corrected chi connectivity index (χ3v) is 12.4. The summed E-state index contributed by atoms with van der Waals surface area (Å²) >= 11 is 1.99. The minimum Gasteiger partial charge on any atom is -0.481 e. The van der Waals surface area contributed by atoms with Crippen molar-refractivity contribution < 1.29 is 52.2 Å². The molecule has 2 fully saturated rings. The normalized spacial score (nSPS) is 17.4. The van der Waals surface area contributed by atoms with Crippen LogP contribution >= 0.6 is 23.5 Å². The number of carboxylic acid groups (broad SMARTS) is 2. The van der Waals surface area contributed by atoms with Gasteiger partial charge >= 0.3 is 11.9 Å². The fraction of sp³-hybridized carbons (Fsp3) is 0.343. The first-order chi connectivity index (χ1) is 25.6. The number of carbonyl (C=O) groups is 7. The van der Waals surface area contributed by atoms with Gasteiger partial charge in [0.2, 0.25) is 33.7 Å². The van der Waals surface area contributed by atoms with Crippen molar-refractivity contribution in [1.82, 2.24) is 10.0 Å². The number of benzene rings is 3. The van der Waals surface area contributed by atoms with Gasteiger partial charge in [-0.25, -0.2) is 22.9 Å². The molecule has 5 rings (SSSR count). The monoisotopic (exact) mass is 799 g/mol. The smallest absolute Gasteiger partial charge is 0.304 e. The number of thioether (sulfide) groups is 2. The van der Waals surface area contributed by atoms with E-state index >= 15 is 0 Å². The number of nitrogens with one attached hydrogen (secondary N) is 2. The summed E-state index contributed by atoms with van der Waals surface area (Å²) in [6.45, 7) is -0.417. The van der Waals surface area contributed by atoms with Crippen LogP contribution in [-0.4, -0.2) is 109 Å². The van der Waals surface area contributed by atoms with E-state index in [-0.39, 0.29) is 72.1 Å². The number of fused-ring (bicyclic) bond motifs is 1. The molecular formula is C35H37N5O11S3.